The van der Waals surface area contributed by atoms with Crippen LogP contribution in [0.2, 0.25) is 5.02 Å². The number of likely N-dealkylation sites (tertiary alicyclic amines) is 1. The molecule has 1 aromatic carbocycles. The van der Waals surface area contributed by atoms with Gasteiger partial charge in [-0.3, -0.25) is 9.59 Å². The smallest absolute Gasteiger partial charge is 0.289 e. The summed E-state index contributed by atoms with van der Waals surface area (Å²) >= 11 is 5.91. The molecule has 3 rings (SSSR count). The van der Waals surface area contributed by atoms with Gasteiger partial charge in [0.15, 0.2) is 11.4 Å². The van der Waals surface area contributed by atoms with E-state index >= 15 is 0 Å². The van der Waals surface area contributed by atoms with Crippen molar-refractivity contribution in [2.75, 3.05) is 13.1 Å². The molecule has 2 aromatic rings. The van der Waals surface area contributed by atoms with Crippen LogP contribution in [-0.4, -0.2) is 40.5 Å². The number of nitrogens with zero attached hydrogens (tertiary/aromatic N) is 1. The van der Waals surface area contributed by atoms with E-state index in [4.69, 9.17) is 21.8 Å². The summed E-state index contributed by atoms with van der Waals surface area (Å²) in [6.45, 7) is 0.311. The number of hydrogen-bond donors (Lipinski definition) is 2. The predicted octanol–water partition coefficient (Wildman–Crippen LogP) is 1.54. The topological polar surface area (TPSA) is 96.8 Å². The van der Waals surface area contributed by atoms with E-state index in [0.717, 1.165) is 5.39 Å². The number of hydrogen-bond acceptors (Lipinski definition) is 4. The van der Waals surface area contributed by atoms with Gasteiger partial charge in [0.2, 0.25) is 0 Å². The van der Waals surface area contributed by atoms with Crippen molar-refractivity contribution >= 4 is 34.4 Å². The maximum atomic E-state index is 12.5. The molecule has 1 fully saturated rings. The highest BCUT2D eigenvalue weighted by molar-refractivity contribution is 6.31. The van der Waals surface area contributed by atoms with E-state index in [1.807, 2.05) is 0 Å². The molecule has 116 valence electrons. The van der Waals surface area contributed by atoms with E-state index in [1.54, 1.807) is 24.3 Å². The molecule has 6 nitrogen and oxygen atoms in total. The normalized spacial score (nSPS) is 22.0. The van der Waals surface area contributed by atoms with Crippen molar-refractivity contribution in [1.82, 2.24) is 4.90 Å². The number of β-amino-alcohol motifs (C(OH)–C–C–N with tert-alkyl or cyclic N) is 1. The summed E-state index contributed by atoms with van der Waals surface area (Å²) in [6, 6.07) is 6.66. The lowest BCUT2D eigenvalue weighted by atomic mass is 9.92. The zero-order valence-electron chi connectivity index (χ0n) is 11.7. The first-order valence-electron chi connectivity index (χ1n) is 6.90. The van der Waals surface area contributed by atoms with Crippen LogP contribution in [0.15, 0.2) is 28.7 Å². The molecule has 1 saturated heterocycles. The maximum Gasteiger partial charge on any atom is 0.289 e. The molecule has 0 unspecified atom stereocenters. The molecule has 0 aliphatic carbocycles. The number of furan rings is 1. The van der Waals surface area contributed by atoms with E-state index in [1.165, 1.54) is 4.90 Å². The molecule has 1 aliphatic heterocycles. The van der Waals surface area contributed by atoms with Crippen molar-refractivity contribution < 1.29 is 19.1 Å². The third kappa shape index (κ3) is 2.55. The molecule has 0 bridgehead atoms. The third-order valence-corrected chi connectivity index (χ3v) is 4.14. The molecule has 1 aromatic heterocycles. The highest BCUT2D eigenvalue weighted by Gasteiger charge is 2.40. The first kappa shape index (κ1) is 14.9. The van der Waals surface area contributed by atoms with Crippen LogP contribution in [0.25, 0.3) is 11.0 Å². The molecule has 0 spiro atoms. The SMILES string of the molecule is NC(=O)[C@]1(O)CCCN(C(=O)c2cc3cc(Cl)ccc3o2)C1. The minimum Gasteiger partial charge on any atom is -0.451 e. The van der Waals surface area contributed by atoms with E-state index in [-0.39, 0.29) is 24.6 Å². The van der Waals surface area contributed by atoms with Crippen LogP contribution >= 0.6 is 11.6 Å². The van der Waals surface area contributed by atoms with E-state index in [9.17, 15) is 14.7 Å². The van der Waals surface area contributed by atoms with Gasteiger partial charge in [-0.15, -0.1) is 0 Å². The van der Waals surface area contributed by atoms with Crippen molar-refractivity contribution in [1.29, 1.82) is 0 Å². The van der Waals surface area contributed by atoms with Crippen molar-refractivity contribution in [3.05, 3.63) is 35.0 Å². The summed E-state index contributed by atoms with van der Waals surface area (Å²) in [5, 5.41) is 11.4. The number of fused-ring (bicyclic) bond motifs is 1. The van der Waals surface area contributed by atoms with Crippen LogP contribution in [0.1, 0.15) is 23.4 Å². The Labute approximate surface area is 131 Å². The molecule has 2 amide bonds. The fraction of sp³-hybridized carbons (Fsp3) is 0.333. The van der Waals surface area contributed by atoms with Crippen molar-refractivity contribution in [3.8, 4) is 0 Å². The molecule has 22 heavy (non-hydrogen) atoms. The molecular formula is C15H15ClN2O4. The Balaban J connectivity index is 1.87. The Morgan fingerprint density at radius 1 is 1.36 bits per heavy atom. The largest absolute Gasteiger partial charge is 0.451 e. The summed E-state index contributed by atoms with van der Waals surface area (Å²) in [6.07, 6.45) is 0.749. The van der Waals surface area contributed by atoms with Gasteiger partial charge in [-0.25, -0.2) is 0 Å². The van der Waals surface area contributed by atoms with Gasteiger partial charge in [0.25, 0.3) is 11.8 Å². The molecule has 1 atom stereocenters. The van der Waals surface area contributed by atoms with Crippen LogP contribution in [0.5, 0.6) is 0 Å². The van der Waals surface area contributed by atoms with Gasteiger partial charge in [-0.2, -0.15) is 0 Å². The van der Waals surface area contributed by atoms with Gasteiger partial charge >= 0.3 is 0 Å². The quantitative estimate of drug-likeness (QED) is 0.876. The summed E-state index contributed by atoms with van der Waals surface area (Å²) in [4.78, 5) is 25.2. The lowest BCUT2D eigenvalue weighted by molar-refractivity contribution is -0.140. The highest BCUT2D eigenvalue weighted by Crippen LogP contribution is 2.26. The summed E-state index contributed by atoms with van der Waals surface area (Å²) in [5.41, 5.74) is 4.09. The standard InChI is InChI=1S/C15H15ClN2O4/c16-10-2-3-11-9(6-10)7-12(22-11)13(19)18-5-1-4-15(21,8-18)14(17)20/h2-3,6-7,21H,1,4-5,8H2,(H2,17,20)/t15-/m0/s1. The minimum atomic E-state index is -1.68. The number of amides is 2. The van der Waals surface area contributed by atoms with Gasteiger partial charge < -0.3 is 20.2 Å². The lowest BCUT2D eigenvalue weighted by Crippen LogP contribution is -2.57. The molecule has 2 heterocycles. The number of rotatable bonds is 2. The van der Waals surface area contributed by atoms with Crippen molar-refractivity contribution in [2.24, 2.45) is 5.73 Å². The van der Waals surface area contributed by atoms with E-state index in [2.05, 4.69) is 0 Å². The number of piperidine rings is 1. The second-order valence-corrected chi connectivity index (χ2v) is 5.96. The summed E-state index contributed by atoms with van der Waals surface area (Å²) < 4.78 is 5.52. The molecule has 0 saturated carbocycles. The molecule has 3 N–H and O–H groups in total. The zero-order valence-corrected chi connectivity index (χ0v) is 12.5. The zero-order chi connectivity index (χ0) is 15.9. The predicted molar refractivity (Wildman–Crippen MR) is 80.5 cm³/mol. The number of primary amides is 1. The average molecular weight is 323 g/mol. The molecular weight excluding hydrogens is 308 g/mol. The lowest BCUT2D eigenvalue weighted by Gasteiger charge is -2.36. The molecule has 1 aliphatic rings. The van der Waals surface area contributed by atoms with E-state index < -0.39 is 11.5 Å². The Hall–Kier alpha value is -2.05. The number of nitrogens with two attached hydrogens (primary N) is 1. The van der Waals surface area contributed by atoms with Crippen LogP contribution in [0, 0.1) is 0 Å². The Bertz CT molecular complexity index is 757. The number of carbonyl (C=O) groups is 2. The van der Waals surface area contributed by atoms with Crippen LogP contribution in [0.3, 0.4) is 0 Å². The van der Waals surface area contributed by atoms with Crippen molar-refractivity contribution in [3.63, 3.8) is 0 Å². The maximum absolute atomic E-state index is 12.5. The van der Waals surface area contributed by atoms with Crippen LogP contribution in [-0.2, 0) is 4.79 Å². The Morgan fingerprint density at radius 2 is 2.14 bits per heavy atom. The summed E-state index contributed by atoms with van der Waals surface area (Å²) in [5.74, 6) is -1.06. The Morgan fingerprint density at radius 3 is 2.86 bits per heavy atom. The van der Waals surface area contributed by atoms with Gasteiger partial charge in [0.1, 0.15) is 5.58 Å². The first-order valence-corrected chi connectivity index (χ1v) is 7.27. The number of carbonyl (C=O) groups excluding carboxylic acids is 2. The molecule has 0 radical (unpaired) electrons. The van der Waals surface area contributed by atoms with Gasteiger partial charge in [0, 0.05) is 17.0 Å². The fourth-order valence-corrected chi connectivity index (χ4v) is 2.87. The van der Waals surface area contributed by atoms with Gasteiger partial charge in [-0.1, -0.05) is 11.6 Å². The van der Waals surface area contributed by atoms with Crippen molar-refractivity contribution in [2.45, 2.75) is 18.4 Å². The number of benzene rings is 1. The fourth-order valence-electron chi connectivity index (χ4n) is 2.69. The second kappa shape index (κ2) is 5.30. The second-order valence-electron chi connectivity index (χ2n) is 5.52. The Kier molecular flexibility index (Phi) is 3.58. The number of halogens is 1. The number of aliphatic hydroxyl groups is 1. The minimum absolute atomic E-state index is 0.126. The van der Waals surface area contributed by atoms with Crippen LogP contribution in [0.4, 0.5) is 0 Å². The van der Waals surface area contributed by atoms with Gasteiger partial charge in [-0.05, 0) is 37.1 Å². The first-order chi connectivity index (χ1) is 10.4. The highest BCUT2D eigenvalue weighted by atomic mass is 35.5. The van der Waals surface area contributed by atoms with Gasteiger partial charge in [0.05, 0.1) is 6.54 Å². The monoisotopic (exact) mass is 322 g/mol. The third-order valence-electron chi connectivity index (χ3n) is 3.91. The molecule has 7 heteroatoms. The summed E-state index contributed by atoms with van der Waals surface area (Å²) in [7, 11) is 0. The van der Waals surface area contributed by atoms with E-state index in [0.29, 0.717) is 23.6 Å². The van der Waals surface area contributed by atoms with Crippen LogP contribution < -0.4 is 5.73 Å². The average Bonchev–Trinajstić information content (AvgIpc) is 2.89.